The van der Waals surface area contributed by atoms with Crippen LogP contribution in [0.4, 0.5) is 11.8 Å². The van der Waals surface area contributed by atoms with Crippen LogP contribution in [0.2, 0.25) is 0 Å². The molecule has 0 amide bonds. The second-order valence-corrected chi connectivity index (χ2v) is 6.19. The molecule has 110 valence electrons. The molecule has 2 heterocycles. The Labute approximate surface area is 119 Å². The van der Waals surface area contributed by atoms with Crippen LogP contribution >= 0.6 is 0 Å². The SMILES string of the molecule is CCCNc1nc(NC(C)C(C)(C)C)c2cn[nH]c2n1. The monoisotopic (exact) mass is 276 g/mol. The molecule has 2 aromatic heterocycles. The van der Waals surface area contributed by atoms with Gasteiger partial charge in [0, 0.05) is 12.6 Å². The lowest BCUT2D eigenvalue weighted by Gasteiger charge is -2.28. The van der Waals surface area contributed by atoms with Crippen molar-refractivity contribution in [1.29, 1.82) is 0 Å². The van der Waals surface area contributed by atoms with Crippen LogP contribution in [-0.4, -0.2) is 32.8 Å². The average molecular weight is 276 g/mol. The summed E-state index contributed by atoms with van der Waals surface area (Å²) >= 11 is 0. The van der Waals surface area contributed by atoms with Crippen LogP contribution in [0.15, 0.2) is 6.20 Å². The van der Waals surface area contributed by atoms with Crippen LogP contribution in [0, 0.1) is 5.41 Å². The molecule has 0 aliphatic heterocycles. The largest absolute Gasteiger partial charge is 0.366 e. The second kappa shape index (κ2) is 5.64. The minimum absolute atomic E-state index is 0.151. The highest BCUT2D eigenvalue weighted by atomic mass is 15.2. The van der Waals surface area contributed by atoms with Gasteiger partial charge in [-0.3, -0.25) is 5.10 Å². The lowest BCUT2D eigenvalue weighted by Crippen LogP contribution is -2.31. The molecular weight excluding hydrogens is 252 g/mol. The molecule has 0 bridgehead atoms. The van der Waals surface area contributed by atoms with Crippen LogP contribution in [0.3, 0.4) is 0 Å². The average Bonchev–Trinajstić information content (AvgIpc) is 2.83. The number of nitrogens with zero attached hydrogens (tertiary/aromatic N) is 3. The summed E-state index contributed by atoms with van der Waals surface area (Å²) in [6.07, 6.45) is 2.79. The van der Waals surface area contributed by atoms with Gasteiger partial charge in [-0.05, 0) is 18.8 Å². The van der Waals surface area contributed by atoms with Gasteiger partial charge in [-0.2, -0.15) is 15.1 Å². The fourth-order valence-corrected chi connectivity index (χ4v) is 1.68. The van der Waals surface area contributed by atoms with Gasteiger partial charge in [0.1, 0.15) is 5.82 Å². The zero-order valence-electron chi connectivity index (χ0n) is 12.9. The van der Waals surface area contributed by atoms with Crippen LogP contribution < -0.4 is 10.6 Å². The molecule has 6 heteroatoms. The number of H-pyrrole nitrogens is 1. The molecule has 0 fully saturated rings. The van der Waals surface area contributed by atoms with Gasteiger partial charge in [0.25, 0.3) is 0 Å². The Balaban J connectivity index is 2.32. The van der Waals surface area contributed by atoms with Crippen molar-refractivity contribution in [3.05, 3.63) is 6.20 Å². The Hall–Kier alpha value is -1.85. The third kappa shape index (κ3) is 3.18. The molecular formula is C14H24N6. The summed E-state index contributed by atoms with van der Waals surface area (Å²) in [7, 11) is 0. The van der Waals surface area contributed by atoms with Gasteiger partial charge in [0.05, 0.1) is 11.6 Å². The fourth-order valence-electron chi connectivity index (χ4n) is 1.68. The summed E-state index contributed by atoms with van der Waals surface area (Å²) < 4.78 is 0. The first kappa shape index (κ1) is 14.6. The normalized spacial score (nSPS) is 13.4. The van der Waals surface area contributed by atoms with Gasteiger partial charge in [-0.15, -0.1) is 0 Å². The van der Waals surface area contributed by atoms with Crippen molar-refractivity contribution in [3.8, 4) is 0 Å². The standard InChI is InChI=1S/C14H24N6/c1-6-7-15-13-18-11(17-9(2)14(3,4)5)10-8-16-20-12(10)19-13/h8-9H,6-7H2,1-5H3,(H3,15,16,17,18,19,20). The molecule has 0 saturated carbocycles. The number of aromatic amines is 1. The zero-order valence-corrected chi connectivity index (χ0v) is 12.9. The van der Waals surface area contributed by atoms with E-state index in [4.69, 9.17) is 0 Å². The molecule has 1 atom stereocenters. The first-order chi connectivity index (χ1) is 9.41. The van der Waals surface area contributed by atoms with Gasteiger partial charge in [-0.25, -0.2) is 0 Å². The highest BCUT2D eigenvalue weighted by molar-refractivity contribution is 5.87. The Morgan fingerprint density at radius 2 is 2.05 bits per heavy atom. The highest BCUT2D eigenvalue weighted by Gasteiger charge is 2.21. The summed E-state index contributed by atoms with van der Waals surface area (Å²) in [4.78, 5) is 8.99. The highest BCUT2D eigenvalue weighted by Crippen LogP contribution is 2.26. The summed E-state index contributed by atoms with van der Waals surface area (Å²) in [5.41, 5.74) is 0.903. The van der Waals surface area contributed by atoms with E-state index in [0.29, 0.717) is 5.95 Å². The van der Waals surface area contributed by atoms with Crippen molar-refractivity contribution in [2.24, 2.45) is 5.41 Å². The molecule has 0 aromatic carbocycles. The van der Waals surface area contributed by atoms with E-state index in [9.17, 15) is 0 Å². The van der Waals surface area contributed by atoms with E-state index in [-0.39, 0.29) is 11.5 Å². The predicted octanol–water partition coefficient (Wildman–Crippen LogP) is 3.02. The van der Waals surface area contributed by atoms with Crippen LogP contribution in [0.1, 0.15) is 41.0 Å². The van der Waals surface area contributed by atoms with Crippen molar-refractivity contribution >= 4 is 22.8 Å². The summed E-state index contributed by atoms with van der Waals surface area (Å²) in [6, 6.07) is 0.287. The maximum absolute atomic E-state index is 4.57. The van der Waals surface area contributed by atoms with Crippen molar-refractivity contribution in [2.75, 3.05) is 17.2 Å². The molecule has 0 spiro atoms. The minimum Gasteiger partial charge on any atom is -0.366 e. The van der Waals surface area contributed by atoms with Crippen LogP contribution in [-0.2, 0) is 0 Å². The smallest absolute Gasteiger partial charge is 0.226 e. The van der Waals surface area contributed by atoms with E-state index >= 15 is 0 Å². The Kier molecular flexibility index (Phi) is 4.11. The van der Waals surface area contributed by atoms with E-state index in [1.54, 1.807) is 6.20 Å². The van der Waals surface area contributed by atoms with Gasteiger partial charge in [0.15, 0.2) is 5.65 Å². The molecule has 2 rings (SSSR count). The quantitative estimate of drug-likeness (QED) is 0.782. The number of hydrogen-bond acceptors (Lipinski definition) is 5. The van der Waals surface area contributed by atoms with Gasteiger partial charge < -0.3 is 10.6 Å². The fraction of sp³-hybridized carbons (Fsp3) is 0.643. The Morgan fingerprint density at radius 1 is 1.30 bits per heavy atom. The van der Waals surface area contributed by atoms with Crippen molar-refractivity contribution in [1.82, 2.24) is 20.2 Å². The number of nitrogens with one attached hydrogen (secondary N) is 3. The molecule has 0 radical (unpaired) electrons. The number of aromatic nitrogens is 4. The Bertz CT molecular complexity index is 569. The van der Waals surface area contributed by atoms with Crippen molar-refractivity contribution < 1.29 is 0 Å². The van der Waals surface area contributed by atoms with E-state index < -0.39 is 0 Å². The minimum atomic E-state index is 0.151. The van der Waals surface area contributed by atoms with E-state index in [1.165, 1.54) is 0 Å². The molecule has 0 aliphatic rings. The number of anilines is 2. The van der Waals surface area contributed by atoms with Crippen molar-refractivity contribution in [2.45, 2.75) is 47.1 Å². The lowest BCUT2D eigenvalue weighted by atomic mass is 9.88. The first-order valence-corrected chi connectivity index (χ1v) is 7.13. The van der Waals surface area contributed by atoms with E-state index in [0.717, 1.165) is 29.8 Å². The molecule has 0 saturated heterocycles. The predicted molar refractivity (Wildman–Crippen MR) is 83.0 cm³/mol. The van der Waals surface area contributed by atoms with Gasteiger partial charge >= 0.3 is 0 Å². The molecule has 0 aliphatic carbocycles. The summed E-state index contributed by atoms with van der Waals surface area (Å²) in [5.74, 6) is 1.46. The Morgan fingerprint density at radius 3 is 2.70 bits per heavy atom. The molecule has 20 heavy (non-hydrogen) atoms. The molecule has 1 unspecified atom stereocenters. The molecule has 3 N–H and O–H groups in total. The third-order valence-corrected chi connectivity index (χ3v) is 3.50. The topological polar surface area (TPSA) is 78.5 Å². The third-order valence-electron chi connectivity index (χ3n) is 3.50. The second-order valence-electron chi connectivity index (χ2n) is 6.19. The van der Waals surface area contributed by atoms with Crippen molar-refractivity contribution in [3.63, 3.8) is 0 Å². The number of rotatable bonds is 5. The van der Waals surface area contributed by atoms with Gasteiger partial charge in [-0.1, -0.05) is 27.7 Å². The maximum Gasteiger partial charge on any atom is 0.226 e. The van der Waals surface area contributed by atoms with E-state index in [1.807, 2.05) is 0 Å². The summed E-state index contributed by atoms with van der Waals surface area (Å²) in [5, 5.41) is 14.6. The summed E-state index contributed by atoms with van der Waals surface area (Å²) in [6.45, 7) is 11.7. The number of hydrogen-bond donors (Lipinski definition) is 3. The lowest BCUT2D eigenvalue weighted by molar-refractivity contribution is 0.359. The maximum atomic E-state index is 4.57. The molecule has 2 aromatic rings. The van der Waals surface area contributed by atoms with Crippen LogP contribution in [0.5, 0.6) is 0 Å². The van der Waals surface area contributed by atoms with Gasteiger partial charge in [0.2, 0.25) is 5.95 Å². The van der Waals surface area contributed by atoms with E-state index in [2.05, 4.69) is 65.4 Å². The van der Waals surface area contributed by atoms with Crippen LogP contribution in [0.25, 0.3) is 11.0 Å². The molecule has 6 nitrogen and oxygen atoms in total. The first-order valence-electron chi connectivity index (χ1n) is 7.13. The number of fused-ring (bicyclic) bond motifs is 1. The zero-order chi connectivity index (χ0) is 14.8.